The minimum absolute atomic E-state index is 0.1000. The van der Waals surface area contributed by atoms with Crippen molar-refractivity contribution in [3.8, 4) is 5.75 Å². The molecule has 1 N–H and O–H groups in total. The molecule has 3 aromatic rings. The first kappa shape index (κ1) is 20.6. The Morgan fingerprint density at radius 2 is 1.62 bits per heavy atom. The molecule has 0 atom stereocenters. The molecular formula is C24H30N4O. The van der Waals surface area contributed by atoms with Crippen LogP contribution in [0.3, 0.4) is 0 Å². The van der Waals surface area contributed by atoms with E-state index in [2.05, 4.69) is 48.3 Å². The van der Waals surface area contributed by atoms with Gasteiger partial charge in [0.15, 0.2) is 0 Å². The molecule has 0 bridgehead atoms. The molecule has 1 aromatic heterocycles. The predicted octanol–water partition coefficient (Wildman–Crippen LogP) is 5.73. The maximum absolute atomic E-state index is 5.93. The molecule has 0 fully saturated rings. The third-order valence-corrected chi connectivity index (χ3v) is 4.43. The second-order valence-corrected chi connectivity index (χ2v) is 7.69. The molecule has 29 heavy (non-hydrogen) atoms. The summed E-state index contributed by atoms with van der Waals surface area (Å²) in [4.78, 5) is 11.7. The van der Waals surface area contributed by atoms with Crippen molar-refractivity contribution in [2.45, 2.75) is 53.3 Å². The van der Waals surface area contributed by atoms with Crippen LogP contribution in [-0.4, -0.2) is 22.1 Å². The van der Waals surface area contributed by atoms with Crippen LogP contribution in [0.5, 0.6) is 5.75 Å². The van der Waals surface area contributed by atoms with Crippen LogP contribution in [0, 0.1) is 6.92 Å². The molecule has 0 amide bonds. The normalized spacial score (nSPS) is 11.0. The zero-order valence-corrected chi connectivity index (χ0v) is 17.9. The summed E-state index contributed by atoms with van der Waals surface area (Å²) in [6.07, 6.45) is 0.1000. The second kappa shape index (κ2) is 9.41. The fraction of sp³-hybridized carbons (Fsp3) is 0.333. The van der Waals surface area contributed by atoms with Gasteiger partial charge < -0.3 is 15.0 Å². The van der Waals surface area contributed by atoms with Crippen LogP contribution in [0.4, 0.5) is 17.5 Å². The van der Waals surface area contributed by atoms with Crippen molar-refractivity contribution < 1.29 is 4.74 Å². The Bertz CT molecular complexity index is 925. The van der Waals surface area contributed by atoms with Gasteiger partial charge in [0.1, 0.15) is 11.6 Å². The van der Waals surface area contributed by atoms with Gasteiger partial charge in [0.2, 0.25) is 5.95 Å². The molecule has 0 spiro atoms. The van der Waals surface area contributed by atoms with Crippen molar-refractivity contribution in [3.05, 3.63) is 71.9 Å². The van der Waals surface area contributed by atoms with E-state index in [-0.39, 0.29) is 12.1 Å². The zero-order chi connectivity index (χ0) is 20.8. The lowest BCUT2D eigenvalue weighted by Gasteiger charge is -2.27. The van der Waals surface area contributed by atoms with Crippen LogP contribution in [0.2, 0.25) is 0 Å². The smallest absolute Gasteiger partial charge is 0.228 e. The fourth-order valence-corrected chi connectivity index (χ4v) is 3.07. The van der Waals surface area contributed by atoms with Crippen molar-refractivity contribution in [2.24, 2.45) is 0 Å². The number of ether oxygens (including phenoxy) is 1. The number of anilines is 3. The lowest BCUT2D eigenvalue weighted by Crippen LogP contribution is -2.32. The zero-order valence-electron chi connectivity index (χ0n) is 17.9. The summed E-state index contributed by atoms with van der Waals surface area (Å²) >= 11 is 0. The number of nitrogens with one attached hydrogen (secondary N) is 1. The van der Waals surface area contributed by atoms with Crippen LogP contribution in [0.25, 0.3) is 0 Å². The highest BCUT2D eigenvalue weighted by atomic mass is 16.5. The van der Waals surface area contributed by atoms with Gasteiger partial charge in [-0.3, -0.25) is 0 Å². The largest absolute Gasteiger partial charge is 0.489 e. The summed E-state index contributed by atoms with van der Waals surface area (Å²) in [6, 6.07) is 20.6. The number of hydrogen-bond acceptors (Lipinski definition) is 5. The molecule has 5 heteroatoms. The minimum Gasteiger partial charge on any atom is -0.489 e. The van der Waals surface area contributed by atoms with Crippen molar-refractivity contribution >= 4 is 17.5 Å². The Balaban J connectivity index is 1.89. The third kappa shape index (κ3) is 5.70. The average Bonchev–Trinajstić information content (AvgIpc) is 2.67. The minimum atomic E-state index is 0.1000. The number of hydrogen-bond donors (Lipinski definition) is 1. The first-order valence-corrected chi connectivity index (χ1v) is 10.1. The van der Waals surface area contributed by atoms with E-state index in [0.717, 1.165) is 29.5 Å². The number of benzene rings is 2. The number of aryl methyl sites for hydroxylation is 1. The quantitative estimate of drug-likeness (QED) is 0.532. The fourth-order valence-electron chi connectivity index (χ4n) is 3.07. The molecule has 152 valence electrons. The van der Waals surface area contributed by atoms with Crippen LogP contribution in [0.1, 0.15) is 39.0 Å². The molecule has 0 aliphatic carbocycles. The van der Waals surface area contributed by atoms with Gasteiger partial charge in [-0.05, 0) is 52.3 Å². The highest BCUT2D eigenvalue weighted by molar-refractivity contribution is 5.65. The summed E-state index contributed by atoms with van der Waals surface area (Å²) in [5.41, 5.74) is 3.04. The molecule has 1 heterocycles. The second-order valence-electron chi connectivity index (χ2n) is 7.69. The molecule has 0 saturated carbocycles. The molecule has 0 saturated heterocycles. The number of aromatic nitrogens is 2. The Morgan fingerprint density at radius 3 is 2.31 bits per heavy atom. The SMILES string of the molecule is Cc1cc(Nc2ccccc2OC(C)C)nc(N(Cc2ccccc2)C(C)C)n1. The van der Waals surface area contributed by atoms with E-state index in [0.29, 0.717) is 5.95 Å². The molecule has 2 aromatic carbocycles. The molecule has 3 rings (SSSR count). The summed E-state index contributed by atoms with van der Waals surface area (Å²) in [5, 5.41) is 3.41. The van der Waals surface area contributed by atoms with Gasteiger partial charge in [0.25, 0.3) is 0 Å². The molecule has 0 aliphatic heterocycles. The van der Waals surface area contributed by atoms with E-state index in [1.807, 2.05) is 57.2 Å². The van der Waals surface area contributed by atoms with Crippen LogP contribution < -0.4 is 15.0 Å². The van der Waals surface area contributed by atoms with E-state index in [9.17, 15) is 0 Å². The average molecular weight is 391 g/mol. The van der Waals surface area contributed by atoms with Gasteiger partial charge in [0.05, 0.1) is 11.8 Å². The number of rotatable bonds is 8. The Morgan fingerprint density at radius 1 is 0.931 bits per heavy atom. The van der Waals surface area contributed by atoms with E-state index < -0.39 is 0 Å². The highest BCUT2D eigenvalue weighted by Crippen LogP contribution is 2.29. The van der Waals surface area contributed by atoms with Crippen molar-refractivity contribution in [1.29, 1.82) is 0 Å². The van der Waals surface area contributed by atoms with Gasteiger partial charge in [-0.2, -0.15) is 4.98 Å². The molecule has 0 unspecified atom stereocenters. The Labute approximate surface area is 173 Å². The summed E-state index contributed by atoms with van der Waals surface area (Å²) < 4.78 is 5.93. The Hall–Kier alpha value is -3.08. The standard InChI is InChI=1S/C24H30N4O/c1-17(2)28(16-20-11-7-6-8-12-20)24-25-19(5)15-23(27-24)26-21-13-9-10-14-22(21)29-18(3)4/h6-15,17-18H,16H2,1-5H3,(H,25,26,27). The molecule has 5 nitrogen and oxygen atoms in total. The lowest BCUT2D eigenvalue weighted by atomic mass is 10.2. The molecule has 0 radical (unpaired) electrons. The third-order valence-electron chi connectivity index (χ3n) is 4.43. The first-order chi connectivity index (χ1) is 13.9. The van der Waals surface area contributed by atoms with E-state index >= 15 is 0 Å². The summed E-state index contributed by atoms with van der Waals surface area (Å²) in [6.45, 7) is 11.1. The van der Waals surface area contributed by atoms with Crippen LogP contribution in [-0.2, 0) is 6.54 Å². The van der Waals surface area contributed by atoms with E-state index in [1.54, 1.807) is 0 Å². The molecule has 0 aliphatic rings. The predicted molar refractivity (Wildman–Crippen MR) is 120 cm³/mol. The summed E-state index contributed by atoms with van der Waals surface area (Å²) in [7, 11) is 0. The number of nitrogens with zero attached hydrogens (tertiary/aromatic N) is 3. The topological polar surface area (TPSA) is 50.3 Å². The maximum Gasteiger partial charge on any atom is 0.228 e. The molecular weight excluding hydrogens is 360 g/mol. The van der Waals surface area contributed by atoms with Gasteiger partial charge in [-0.25, -0.2) is 4.98 Å². The van der Waals surface area contributed by atoms with Crippen molar-refractivity contribution in [2.75, 3.05) is 10.2 Å². The maximum atomic E-state index is 5.93. The van der Waals surface area contributed by atoms with Crippen molar-refractivity contribution in [1.82, 2.24) is 9.97 Å². The van der Waals surface area contributed by atoms with E-state index in [4.69, 9.17) is 14.7 Å². The Kier molecular flexibility index (Phi) is 6.70. The highest BCUT2D eigenvalue weighted by Gasteiger charge is 2.16. The van der Waals surface area contributed by atoms with Crippen molar-refractivity contribution in [3.63, 3.8) is 0 Å². The lowest BCUT2D eigenvalue weighted by molar-refractivity contribution is 0.244. The van der Waals surface area contributed by atoms with E-state index in [1.165, 1.54) is 5.56 Å². The van der Waals surface area contributed by atoms with Crippen LogP contribution >= 0.6 is 0 Å². The van der Waals surface area contributed by atoms with Gasteiger partial charge in [-0.15, -0.1) is 0 Å². The van der Waals surface area contributed by atoms with Gasteiger partial charge >= 0.3 is 0 Å². The van der Waals surface area contributed by atoms with Gasteiger partial charge in [-0.1, -0.05) is 42.5 Å². The monoisotopic (exact) mass is 390 g/mol. The number of para-hydroxylation sites is 2. The van der Waals surface area contributed by atoms with Crippen LogP contribution in [0.15, 0.2) is 60.7 Å². The van der Waals surface area contributed by atoms with Gasteiger partial charge in [0, 0.05) is 24.3 Å². The first-order valence-electron chi connectivity index (χ1n) is 10.1. The summed E-state index contributed by atoms with van der Waals surface area (Å²) in [5.74, 6) is 2.28.